The lowest BCUT2D eigenvalue weighted by molar-refractivity contribution is 0.191. The topological polar surface area (TPSA) is 75.3 Å². The molecule has 0 spiro atoms. The fourth-order valence-corrected chi connectivity index (χ4v) is 3.32. The number of halogens is 2. The zero-order valence-electron chi connectivity index (χ0n) is 14.0. The molecular formula is C19H15Cl2N5O. The van der Waals surface area contributed by atoms with Gasteiger partial charge in [0.1, 0.15) is 12.1 Å². The second kappa shape index (κ2) is 7.52. The molecule has 0 radical (unpaired) electrons. The van der Waals surface area contributed by atoms with Gasteiger partial charge in [0.2, 0.25) is 0 Å². The first-order valence-electron chi connectivity index (χ1n) is 8.24. The van der Waals surface area contributed by atoms with Gasteiger partial charge in [0, 0.05) is 28.2 Å². The Morgan fingerprint density at radius 3 is 2.52 bits per heavy atom. The third-order valence-corrected chi connectivity index (χ3v) is 4.50. The molecule has 0 fully saturated rings. The van der Waals surface area contributed by atoms with Crippen molar-refractivity contribution in [1.29, 1.82) is 0 Å². The normalized spacial score (nSPS) is 12.3. The van der Waals surface area contributed by atoms with E-state index in [0.29, 0.717) is 27.2 Å². The van der Waals surface area contributed by atoms with Gasteiger partial charge < -0.3 is 10.4 Å². The minimum atomic E-state index is -0.798. The molecule has 1 unspecified atom stereocenters. The summed E-state index contributed by atoms with van der Waals surface area (Å²) in [5, 5.41) is 18.8. The first kappa shape index (κ1) is 17.7. The highest BCUT2D eigenvalue weighted by Crippen LogP contribution is 2.25. The lowest BCUT2D eigenvalue weighted by atomic mass is 10.1. The predicted molar refractivity (Wildman–Crippen MR) is 106 cm³/mol. The second-order valence-electron chi connectivity index (χ2n) is 5.96. The average Bonchev–Trinajstić information content (AvgIpc) is 3.14. The monoisotopic (exact) mass is 399 g/mol. The first-order valence-corrected chi connectivity index (χ1v) is 9.00. The van der Waals surface area contributed by atoms with Gasteiger partial charge in [0.05, 0.1) is 11.8 Å². The van der Waals surface area contributed by atoms with Crippen molar-refractivity contribution in [3.63, 3.8) is 0 Å². The summed E-state index contributed by atoms with van der Waals surface area (Å²) in [7, 11) is 0. The molecule has 2 heterocycles. The Kier molecular flexibility index (Phi) is 4.94. The standard InChI is InChI=1S/C19H15Cl2N5O/c20-14-6-13(7-15(21)8-14)17(27)10-22-18-9-16(12-4-2-1-3-5-12)25-19-23-11-24-26(18)19/h1-9,11,17,22,27H,10H2. The van der Waals surface area contributed by atoms with E-state index in [1.165, 1.54) is 6.33 Å². The first-order chi connectivity index (χ1) is 13.1. The summed E-state index contributed by atoms with van der Waals surface area (Å²) in [6, 6.07) is 16.7. The number of aliphatic hydroxyl groups is 1. The fourth-order valence-electron chi connectivity index (χ4n) is 2.78. The highest BCUT2D eigenvalue weighted by Gasteiger charge is 2.13. The average molecular weight is 400 g/mol. The Morgan fingerprint density at radius 1 is 1.04 bits per heavy atom. The molecule has 6 nitrogen and oxygen atoms in total. The van der Waals surface area contributed by atoms with Gasteiger partial charge in [-0.3, -0.25) is 0 Å². The summed E-state index contributed by atoms with van der Waals surface area (Å²) >= 11 is 12.0. The van der Waals surface area contributed by atoms with Gasteiger partial charge in [-0.2, -0.15) is 14.6 Å². The maximum absolute atomic E-state index is 10.5. The zero-order chi connectivity index (χ0) is 18.8. The Balaban J connectivity index is 1.62. The van der Waals surface area contributed by atoms with E-state index < -0.39 is 6.10 Å². The highest BCUT2D eigenvalue weighted by molar-refractivity contribution is 6.34. The van der Waals surface area contributed by atoms with Crippen molar-refractivity contribution in [2.75, 3.05) is 11.9 Å². The van der Waals surface area contributed by atoms with Crippen LogP contribution in [0.2, 0.25) is 10.0 Å². The maximum atomic E-state index is 10.5. The summed E-state index contributed by atoms with van der Waals surface area (Å²) in [6.07, 6.45) is 0.642. The highest BCUT2D eigenvalue weighted by atomic mass is 35.5. The lowest BCUT2D eigenvalue weighted by Crippen LogP contribution is -2.15. The molecule has 4 rings (SSSR count). The van der Waals surface area contributed by atoms with Crippen LogP contribution in [0.25, 0.3) is 17.0 Å². The zero-order valence-corrected chi connectivity index (χ0v) is 15.6. The molecule has 0 aliphatic rings. The van der Waals surface area contributed by atoms with E-state index in [1.54, 1.807) is 22.7 Å². The van der Waals surface area contributed by atoms with Crippen molar-refractivity contribution in [2.24, 2.45) is 0 Å². The Morgan fingerprint density at radius 2 is 1.78 bits per heavy atom. The predicted octanol–water partition coefficient (Wildman–Crippen LogP) is 4.24. The van der Waals surface area contributed by atoms with Gasteiger partial charge in [-0.25, -0.2) is 4.98 Å². The van der Waals surface area contributed by atoms with Crippen molar-refractivity contribution in [3.05, 3.63) is 76.5 Å². The molecule has 0 amide bonds. The van der Waals surface area contributed by atoms with Gasteiger partial charge >= 0.3 is 0 Å². The second-order valence-corrected chi connectivity index (χ2v) is 6.84. The van der Waals surface area contributed by atoms with Crippen molar-refractivity contribution < 1.29 is 5.11 Å². The van der Waals surface area contributed by atoms with E-state index in [2.05, 4.69) is 20.4 Å². The van der Waals surface area contributed by atoms with Crippen molar-refractivity contribution in [2.45, 2.75) is 6.10 Å². The smallest absolute Gasteiger partial charge is 0.254 e. The quantitative estimate of drug-likeness (QED) is 0.524. The van der Waals surface area contributed by atoms with Crippen LogP contribution in [-0.4, -0.2) is 31.2 Å². The van der Waals surface area contributed by atoms with Gasteiger partial charge in [0.25, 0.3) is 5.78 Å². The van der Waals surface area contributed by atoms with Gasteiger partial charge in [0.15, 0.2) is 0 Å². The van der Waals surface area contributed by atoms with E-state index >= 15 is 0 Å². The van der Waals surface area contributed by atoms with Crippen molar-refractivity contribution in [1.82, 2.24) is 19.6 Å². The maximum Gasteiger partial charge on any atom is 0.254 e. The van der Waals surface area contributed by atoms with Crippen LogP contribution in [0.15, 0.2) is 60.9 Å². The van der Waals surface area contributed by atoms with Gasteiger partial charge in [-0.15, -0.1) is 0 Å². The molecule has 4 aromatic rings. The van der Waals surface area contributed by atoms with Crippen LogP contribution in [0.5, 0.6) is 0 Å². The molecule has 27 heavy (non-hydrogen) atoms. The molecular weight excluding hydrogens is 385 g/mol. The molecule has 0 saturated heterocycles. The van der Waals surface area contributed by atoms with Crippen LogP contribution in [-0.2, 0) is 0 Å². The third kappa shape index (κ3) is 3.88. The Hall–Kier alpha value is -2.67. The van der Waals surface area contributed by atoms with E-state index in [-0.39, 0.29) is 6.54 Å². The fraction of sp³-hybridized carbons (Fsp3) is 0.105. The Bertz CT molecular complexity index is 1060. The minimum absolute atomic E-state index is 0.240. The molecule has 2 aromatic heterocycles. The van der Waals surface area contributed by atoms with Gasteiger partial charge in [-0.05, 0) is 23.8 Å². The Labute approximate surface area is 165 Å². The van der Waals surface area contributed by atoms with E-state index in [9.17, 15) is 5.11 Å². The summed E-state index contributed by atoms with van der Waals surface area (Å²) in [5.41, 5.74) is 2.36. The summed E-state index contributed by atoms with van der Waals surface area (Å²) in [5.74, 6) is 1.14. The van der Waals surface area contributed by atoms with Crippen LogP contribution in [0.4, 0.5) is 5.82 Å². The van der Waals surface area contributed by atoms with Crippen molar-refractivity contribution in [3.8, 4) is 11.3 Å². The number of benzene rings is 2. The number of nitrogens with zero attached hydrogens (tertiary/aromatic N) is 4. The largest absolute Gasteiger partial charge is 0.387 e. The van der Waals surface area contributed by atoms with E-state index in [0.717, 1.165) is 11.3 Å². The molecule has 2 aromatic carbocycles. The van der Waals surface area contributed by atoms with E-state index in [4.69, 9.17) is 23.2 Å². The molecule has 0 saturated carbocycles. The number of anilines is 1. The number of aromatic nitrogens is 4. The van der Waals surface area contributed by atoms with Crippen LogP contribution in [0, 0.1) is 0 Å². The van der Waals surface area contributed by atoms with E-state index in [1.807, 2.05) is 36.4 Å². The SMILES string of the molecule is OC(CNc1cc(-c2ccccc2)nc2ncnn12)c1cc(Cl)cc(Cl)c1. The minimum Gasteiger partial charge on any atom is -0.387 e. The summed E-state index contributed by atoms with van der Waals surface area (Å²) in [4.78, 5) is 8.70. The third-order valence-electron chi connectivity index (χ3n) is 4.07. The molecule has 136 valence electrons. The molecule has 0 aliphatic carbocycles. The van der Waals surface area contributed by atoms with Crippen LogP contribution in [0.3, 0.4) is 0 Å². The number of hydrogen-bond donors (Lipinski definition) is 2. The van der Waals surface area contributed by atoms with Crippen LogP contribution >= 0.6 is 23.2 Å². The summed E-state index contributed by atoms with van der Waals surface area (Å²) < 4.78 is 1.59. The van der Waals surface area contributed by atoms with Crippen LogP contribution < -0.4 is 5.32 Å². The number of hydrogen-bond acceptors (Lipinski definition) is 5. The van der Waals surface area contributed by atoms with Gasteiger partial charge in [-0.1, -0.05) is 53.5 Å². The summed E-state index contributed by atoms with van der Waals surface area (Å²) in [6.45, 7) is 0.240. The molecule has 0 aliphatic heterocycles. The molecule has 1 atom stereocenters. The molecule has 2 N–H and O–H groups in total. The number of fused-ring (bicyclic) bond motifs is 1. The van der Waals surface area contributed by atoms with Crippen molar-refractivity contribution >= 4 is 34.8 Å². The number of aliphatic hydroxyl groups excluding tert-OH is 1. The molecule has 0 bridgehead atoms. The van der Waals surface area contributed by atoms with Crippen LogP contribution in [0.1, 0.15) is 11.7 Å². The molecule has 8 heteroatoms. The number of rotatable bonds is 5. The number of nitrogens with one attached hydrogen (secondary N) is 1. The lowest BCUT2D eigenvalue weighted by Gasteiger charge is -2.15.